The fourth-order valence-corrected chi connectivity index (χ4v) is 2.02. The first-order valence-corrected chi connectivity index (χ1v) is 6.13. The van der Waals surface area contributed by atoms with Crippen molar-refractivity contribution in [2.45, 2.75) is 25.9 Å². The van der Waals surface area contributed by atoms with Gasteiger partial charge in [-0.1, -0.05) is 6.92 Å². The highest BCUT2D eigenvalue weighted by molar-refractivity contribution is 5.95. The van der Waals surface area contributed by atoms with Crippen LogP contribution in [-0.4, -0.2) is 49.2 Å². The molecular formula is C11H18F3N3O2. The fourth-order valence-electron chi connectivity index (χ4n) is 2.02. The van der Waals surface area contributed by atoms with Crippen molar-refractivity contribution < 1.29 is 22.8 Å². The van der Waals surface area contributed by atoms with Crippen molar-refractivity contribution in [1.29, 1.82) is 0 Å². The fraction of sp³-hybridized carbons (Fsp3) is 0.818. The van der Waals surface area contributed by atoms with Crippen molar-refractivity contribution in [2.75, 3.05) is 26.2 Å². The summed E-state index contributed by atoms with van der Waals surface area (Å²) < 4.78 is 35.5. The molecule has 8 heteroatoms. The van der Waals surface area contributed by atoms with Crippen LogP contribution in [0.3, 0.4) is 0 Å². The molecule has 0 radical (unpaired) electrons. The third-order valence-electron chi connectivity index (χ3n) is 2.81. The zero-order valence-corrected chi connectivity index (χ0v) is 10.7. The van der Waals surface area contributed by atoms with Crippen LogP contribution in [0.5, 0.6) is 0 Å². The number of hydrogen-bond donors (Lipinski definition) is 2. The minimum absolute atomic E-state index is 0.0315. The maximum absolute atomic E-state index is 11.8. The van der Waals surface area contributed by atoms with Crippen molar-refractivity contribution in [3.63, 3.8) is 0 Å². The normalized spacial score (nSPS) is 20.9. The zero-order chi connectivity index (χ0) is 14.5. The molecule has 0 aromatic carbocycles. The monoisotopic (exact) mass is 281 g/mol. The first-order chi connectivity index (χ1) is 8.76. The minimum atomic E-state index is -4.48. The Kier molecular flexibility index (Phi) is 5.59. The van der Waals surface area contributed by atoms with Crippen LogP contribution in [0.1, 0.15) is 19.8 Å². The van der Waals surface area contributed by atoms with E-state index in [1.54, 1.807) is 5.32 Å². The molecule has 1 atom stereocenters. The number of carbonyl (C=O) groups excluding carboxylic acids is 2. The molecule has 1 aliphatic heterocycles. The molecule has 1 heterocycles. The second-order valence-electron chi connectivity index (χ2n) is 4.83. The highest BCUT2D eigenvalue weighted by Gasteiger charge is 2.28. The molecule has 1 rings (SSSR count). The second kappa shape index (κ2) is 6.74. The van der Waals surface area contributed by atoms with Crippen molar-refractivity contribution in [2.24, 2.45) is 5.92 Å². The largest absolute Gasteiger partial charge is 0.405 e. The molecule has 0 spiro atoms. The van der Waals surface area contributed by atoms with Crippen LogP contribution >= 0.6 is 0 Å². The quantitative estimate of drug-likeness (QED) is 0.814. The molecule has 0 unspecified atom stereocenters. The molecular weight excluding hydrogens is 263 g/mol. The Balaban J connectivity index is 2.25. The van der Waals surface area contributed by atoms with E-state index in [0.717, 1.165) is 25.9 Å². The lowest BCUT2D eigenvalue weighted by molar-refractivity contribution is -0.125. The lowest BCUT2D eigenvalue weighted by Crippen LogP contribution is -2.48. The molecule has 0 aliphatic carbocycles. The highest BCUT2D eigenvalue weighted by atomic mass is 19.4. The average molecular weight is 281 g/mol. The van der Waals surface area contributed by atoms with Gasteiger partial charge in [0, 0.05) is 6.54 Å². The van der Waals surface area contributed by atoms with E-state index in [0.29, 0.717) is 5.92 Å². The summed E-state index contributed by atoms with van der Waals surface area (Å²) in [5.74, 6) is -0.102. The van der Waals surface area contributed by atoms with Gasteiger partial charge in [0.1, 0.15) is 6.54 Å². The summed E-state index contributed by atoms with van der Waals surface area (Å²) >= 11 is 0. The molecule has 19 heavy (non-hydrogen) atoms. The van der Waals surface area contributed by atoms with Gasteiger partial charge >= 0.3 is 12.2 Å². The molecule has 1 saturated heterocycles. The van der Waals surface area contributed by atoms with E-state index < -0.39 is 24.7 Å². The number of carbonyl (C=O) groups is 2. The van der Waals surface area contributed by atoms with E-state index in [9.17, 15) is 22.8 Å². The number of amides is 3. The summed E-state index contributed by atoms with van der Waals surface area (Å²) in [6.07, 6.45) is -2.40. The molecule has 1 aliphatic rings. The van der Waals surface area contributed by atoms with Gasteiger partial charge in [0.05, 0.1) is 6.54 Å². The number of piperidine rings is 1. The predicted octanol–water partition coefficient (Wildman–Crippen LogP) is 1.11. The molecule has 2 N–H and O–H groups in total. The summed E-state index contributed by atoms with van der Waals surface area (Å²) in [7, 11) is 0. The van der Waals surface area contributed by atoms with Crippen LogP contribution in [0, 0.1) is 5.92 Å². The lowest BCUT2D eigenvalue weighted by Gasteiger charge is -2.29. The van der Waals surface area contributed by atoms with Crippen LogP contribution in [0.4, 0.5) is 18.0 Å². The van der Waals surface area contributed by atoms with Crippen LogP contribution in [0.15, 0.2) is 0 Å². The van der Waals surface area contributed by atoms with Crippen LogP contribution in [0.2, 0.25) is 0 Å². The van der Waals surface area contributed by atoms with Gasteiger partial charge in [-0.05, 0) is 25.3 Å². The van der Waals surface area contributed by atoms with Crippen LogP contribution in [0.25, 0.3) is 0 Å². The molecule has 3 amide bonds. The SMILES string of the molecule is C[C@H]1CCCN(CC(=O)NC(=O)NCC(F)(F)F)C1. The van der Waals surface area contributed by atoms with Gasteiger partial charge in [0.2, 0.25) is 5.91 Å². The lowest BCUT2D eigenvalue weighted by atomic mass is 10.0. The molecule has 110 valence electrons. The number of alkyl halides is 3. The molecule has 1 fully saturated rings. The number of nitrogens with one attached hydrogen (secondary N) is 2. The number of imide groups is 1. The van der Waals surface area contributed by atoms with Gasteiger partial charge in [-0.15, -0.1) is 0 Å². The van der Waals surface area contributed by atoms with E-state index in [4.69, 9.17) is 0 Å². The first kappa shape index (κ1) is 15.7. The Morgan fingerprint density at radius 1 is 1.37 bits per heavy atom. The van der Waals surface area contributed by atoms with Gasteiger partial charge < -0.3 is 5.32 Å². The van der Waals surface area contributed by atoms with Gasteiger partial charge in [-0.25, -0.2) is 4.79 Å². The Bertz CT molecular complexity index is 334. The molecule has 0 bridgehead atoms. The van der Waals surface area contributed by atoms with Crippen molar-refractivity contribution in [3.8, 4) is 0 Å². The Morgan fingerprint density at radius 2 is 2.05 bits per heavy atom. The third-order valence-corrected chi connectivity index (χ3v) is 2.81. The minimum Gasteiger partial charge on any atom is -0.329 e. The Labute approximate surface area is 109 Å². The maximum Gasteiger partial charge on any atom is 0.405 e. The second-order valence-corrected chi connectivity index (χ2v) is 4.83. The Morgan fingerprint density at radius 3 is 2.63 bits per heavy atom. The van der Waals surface area contributed by atoms with Gasteiger partial charge in [0.15, 0.2) is 0 Å². The van der Waals surface area contributed by atoms with Gasteiger partial charge in [-0.3, -0.25) is 15.0 Å². The summed E-state index contributed by atoms with van der Waals surface area (Å²) in [5.41, 5.74) is 0. The number of hydrogen-bond acceptors (Lipinski definition) is 3. The molecule has 0 aromatic rings. The summed E-state index contributed by atoms with van der Waals surface area (Å²) in [5, 5.41) is 3.47. The Hall–Kier alpha value is -1.31. The number of nitrogens with zero attached hydrogens (tertiary/aromatic N) is 1. The van der Waals surface area contributed by atoms with Crippen molar-refractivity contribution in [3.05, 3.63) is 0 Å². The number of likely N-dealkylation sites (tertiary alicyclic amines) is 1. The van der Waals surface area contributed by atoms with E-state index >= 15 is 0 Å². The van der Waals surface area contributed by atoms with Crippen molar-refractivity contribution in [1.82, 2.24) is 15.5 Å². The van der Waals surface area contributed by atoms with Gasteiger partial charge in [0.25, 0.3) is 0 Å². The highest BCUT2D eigenvalue weighted by Crippen LogP contribution is 2.14. The standard InChI is InChI=1S/C11H18F3N3O2/c1-8-3-2-4-17(5-8)6-9(18)16-10(19)15-7-11(12,13)14/h8H,2-7H2,1H3,(H2,15,16,18,19)/t8-/m0/s1. The summed E-state index contributed by atoms with van der Waals surface area (Å²) in [6, 6.07) is -1.12. The number of halogens is 3. The van der Waals surface area contributed by atoms with E-state index in [-0.39, 0.29) is 6.54 Å². The van der Waals surface area contributed by atoms with E-state index in [2.05, 4.69) is 6.92 Å². The first-order valence-electron chi connectivity index (χ1n) is 6.13. The molecule has 0 aromatic heterocycles. The summed E-state index contributed by atoms with van der Waals surface area (Å²) in [6.45, 7) is 2.18. The predicted molar refractivity (Wildman–Crippen MR) is 62.4 cm³/mol. The maximum atomic E-state index is 11.8. The van der Waals surface area contributed by atoms with Crippen molar-refractivity contribution >= 4 is 11.9 Å². The van der Waals surface area contributed by atoms with Crippen LogP contribution < -0.4 is 10.6 Å². The smallest absolute Gasteiger partial charge is 0.329 e. The average Bonchev–Trinajstić information content (AvgIpc) is 2.25. The molecule has 5 nitrogen and oxygen atoms in total. The molecule has 0 saturated carbocycles. The van der Waals surface area contributed by atoms with Crippen LogP contribution in [-0.2, 0) is 4.79 Å². The van der Waals surface area contributed by atoms with Gasteiger partial charge in [-0.2, -0.15) is 13.2 Å². The number of rotatable bonds is 3. The summed E-state index contributed by atoms with van der Waals surface area (Å²) in [4.78, 5) is 24.4. The van der Waals surface area contributed by atoms with E-state index in [1.807, 2.05) is 10.2 Å². The zero-order valence-electron chi connectivity index (χ0n) is 10.7. The topological polar surface area (TPSA) is 61.4 Å². The number of urea groups is 1. The van der Waals surface area contributed by atoms with E-state index in [1.165, 1.54) is 0 Å². The third kappa shape index (κ3) is 7.00.